The van der Waals surface area contributed by atoms with Crippen LogP contribution in [-0.4, -0.2) is 17.6 Å². The van der Waals surface area contributed by atoms with Gasteiger partial charge in [-0.15, -0.1) is 11.3 Å². The van der Waals surface area contributed by atoms with Crippen molar-refractivity contribution in [2.75, 3.05) is 6.61 Å². The maximum atomic E-state index is 11.9. The minimum atomic E-state index is -0.266. The second-order valence-electron chi connectivity index (χ2n) is 5.93. The van der Waals surface area contributed by atoms with Crippen LogP contribution in [0.4, 0.5) is 0 Å². The van der Waals surface area contributed by atoms with Gasteiger partial charge < -0.3 is 13.9 Å². The molecule has 6 heteroatoms. The summed E-state index contributed by atoms with van der Waals surface area (Å²) in [6, 6.07) is 11.7. The zero-order valence-electron chi connectivity index (χ0n) is 14.9. The van der Waals surface area contributed by atoms with Gasteiger partial charge in [-0.3, -0.25) is 4.79 Å². The molecule has 3 rings (SSSR count). The highest BCUT2D eigenvalue weighted by Gasteiger charge is 2.14. The molecular formula is C20H21NO4S. The van der Waals surface area contributed by atoms with E-state index in [1.807, 2.05) is 55.6 Å². The number of ether oxygens (including phenoxy) is 2. The van der Waals surface area contributed by atoms with E-state index >= 15 is 0 Å². The molecule has 0 radical (unpaired) electrons. The lowest BCUT2D eigenvalue weighted by molar-refractivity contribution is -0.145. The van der Waals surface area contributed by atoms with Crippen molar-refractivity contribution in [1.82, 2.24) is 4.98 Å². The first-order chi connectivity index (χ1) is 12.6. The Hall–Kier alpha value is -2.60. The molecule has 2 aromatic heterocycles. The van der Waals surface area contributed by atoms with Gasteiger partial charge in [0.25, 0.3) is 0 Å². The monoisotopic (exact) mass is 371 g/mol. The first kappa shape index (κ1) is 18.2. The normalized spacial score (nSPS) is 10.7. The van der Waals surface area contributed by atoms with Crippen molar-refractivity contribution in [1.29, 1.82) is 0 Å². The van der Waals surface area contributed by atoms with Gasteiger partial charge in [-0.1, -0.05) is 18.2 Å². The van der Waals surface area contributed by atoms with E-state index in [1.54, 1.807) is 11.3 Å². The Morgan fingerprint density at radius 3 is 2.88 bits per heavy atom. The number of thiophene rings is 1. The summed E-state index contributed by atoms with van der Waals surface area (Å²) in [6.07, 6.45) is 0.908. The fourth-order valence-corrected chi connectivity index (χ4v) is 3.05. The van der Waals surface area contributed by atoms with E-state index in [4.69, 9.17) is 13.9 Å². The quantitative estimate of drug-likeness (QED) is 0.415. The molecule has 0 aliphatic heterocycles. The number of benzene rings is 1. The van der Waals surface area contributed by atoms with Crippen molar-refractivity contribution in [3.05, 3.63) is 58.8 Å². The summed E-state index contributed by atoms with van der Waals surface area (Å²) in [5, 5.41) is 1.97. The Morgan fingerprint density at radius 1 is 1.23 bits per heavy atom. The Balaban J connectivity index is 1.40. The SMILES string of the molecule is Cc1cccc(OCCCC(=O)OCc2nc(-c3cccs3)oc2C)c1. The Kier molecular flexibility index (Phi) is 6.07. The molecule has 1 aromatic carbocycles. The molecule has 136 valence electrons. The van der Waals surface area contributed by atoms with Crippen LogP contribution in [0.15, 0.2) is 46.2 Å². The topological polar surface area (TPSA) is 61.6 Å². The van der Waals surface area contributed by atoms with E-state index in [2.05, 4.69) is 4.98 Å². The van der Waals surface area contributed by atoms with E-state index in [0.29, 0.717) is 36.8 Å². The third-order valence-corrected chi connectivity index (χ3v) is 4.64. The molecule has 0 atom stereocenters. The van der Waals surface area contributed by atoms with Gasteiger partial charge in [-0.2, -0.15) is 0 Å². The van der Waals surface area contributed by atoms with E-state index in [1.165, 1.54) is 0 Å². The van der Waals surface area contributed by atoms with Gasteiger partial charge in [0.15, 0.2) is 0 Å². The number of esters is 1. The Labute approximate surface area is 156 Å². The third kappa shape index (κ3) is 4.95. The Morgan fingerprint density at radius 2 is 2.12 bits per heavy atom. The third-order valence-electron chi connectivity index (χ3n) is 3.78. The van der Waals surface area contributed by atoms with Gasteiger partial charge in [0.1, 0.15) is 23.8 Å². The minimum Gasteiger partial charge on any atom is -0.494 e. The zero-order chi connectivity index (χ0) is 18.4. The number of hydrogen-bond acceptors (Lipinski definition) is 6. The molecule has 0 aliphatic rings. The minimum absolute atomic E-state index is 0.123. The largest absolute Gasteiger partial charge is 0.494 e. The van der Waals surface area contributed by atoms with Crippen LogP contribution in [0.2, 0.25) is 0 Å². The first-order valence-corrected chi connectivity index (χ1v) is 9.35. The number of nitrogens with zero attached hydrogens (tertiary/aromatic N) is 1. The number of hydrogen-bond donors (Lipinski definition) is 0. The van der Waals surface area contributed by atoms with Crippen LogP contribution in [0.5, 0.6) is 5.75 Å². The van der Waals surface area contributed by atoms with Crippen LogP contribution >= 0.6 is 11.3 Å². The Bertz CT molecular complexity index is 855. The molecule has 0 aliphatic carbocycles. The highest BCUT2D eigenvalue weighted by molar-refractivity contribution is 7.13. The number of oxazole rings is 1. The fraction of sp³-hybridized carbons (Fsp3) is 0.300. The molecule has 2 heterocycles. The lowest BCUT2D eigenvalue weighted by Gasteiger charge is -2.07. The predicted molar refractivity (Wildman–Crippen MR) is 100 cm³/mol. The van der Waals surface area contributed by atoms with Crippen molar-refractivity contribution >= 4 is 17.3 Å². The molecule has 0 spiro atoms. The first-order valence-electron chi connectivity index (χ1n) is 8.47. The van der Waals surface area contributed by atoms with Crippen LogP contribution in [0.1, 0.15) is 29.9 Å². The average molecular weight is 371 g/mol. The van der Waals surface area contributed by atoms with Crippen molar-refractivity contribution in [3.63, 3.8) is 0 Å². The maximum absolute atomic E-state index is 11.9. The zero-order valence-corrected chi connectivity index (χ0v) is 15.7. The van der Waals surface area contributed by atoms with Crippen LogP contribution in [0, 0.1) is 13.8 Å². The molecular weight excluding hydrogens is 350 g/mol. The van der Waals surface area contributed by atoms with Gasteiger partial charge in [0, 0.05) is 6.42 Å². The summed E-state index contributed by atoms with van der Waals surface area (Å²) in [5.41, 5.74) is 1.80. The van der Waals surface area contributed by atoms with Crippen molar-refractivity contribution in [2.45, 2.75) is 33.3 Å². The highest BCUT2D eigenvalue weighted by atomic mass is 32.1. The van der Waals surface area contributed by atoms with E-state index < -0.39 is 0 Å². The number of carbonyl (C=O) groups is 1. The second kappa shape index (κ2) is 8.67. The maximum Gasteiger partial charge on any atom is 0.306 e. The van der Waals surface area contributed by atoms with Crippen LogP contribution in [0.25, 0.3) is 10.8 Å². The molecule has 0 saturated carbocycles. The van der Waals surface area contributed by atoms with E-state index in [0.717, 1.165) is 16.2 Å². The molecule has 26 heavy (non-hydrogen) atoms. The van der Waals surface area contributed by atoms with E-state index in [9.17, 15) is 4.79 Å². The second-order valence-corrected chi connectivity index (χ2v) is 6.88. The van der Waals surface area contributed by atoms with E-state index in [-0.39, 0.29) is 12.6 Å². The van der Waals surface area contributed by atoms with Gasteiger partial charge in [0.2, 0.25) is 5.89 Å². The van der Waals surface area contributed by atoms with Crippen molar-refractivity contribution in [3.8, 4) is 16.5 Å². The van der Waals surface area contributed by atoms with Gasteiger partial charge in [-0.05, 0) is 49.4 Å². The van der Waals surface area contributed by atoms with Gasteiger partial charge in [-0.25, -0.2) is 4.98 Å². The van der Waals surface area contributed by atoms with Gasteiger partial charge in [0.05, 0.1) is 11.5 Å². The number of carbonyl (C=O) groups excluding carboxylic acids is 1. The van der Waals surface area contributed by atoms with Crippen molar-refractivity contribution in [2.24, 2.45) is 0 Å². The molecule has 0 N–H and O–H groups in total. The molecule has 0 fully saturated rings. The number of rotatable bonds is 8. The smallest absolute Gasteiger partial charge is 0.306 e. The lowest BCUT2D eigenvalue weighted by Crippen LogP contribution is -2.08. The standard InChI is InChI=1S/C20H21NO4S/c1-14-6-3-7-16(12-14)23-10-4-9-19(22)24-13-17-15(2)25-20(21-17)18-8-5-11-26-18/h3,5-8,11-12H,4,9-10,13H2,1-2H3. The number of aryl methyl sites for hydroxylation is 2. The molecule has 5 nitrogen and oxygen atoms in total. The van der Waals surface area contributed by atoms with Crippen molar-refractivity contribution < 1.29 is 18.7 Å². The predicted octanol–water partition coefficient (Wildman–Crippen LogP) is 4.92. The summed E-state index contributed by atoms with van der Waals surface area (Å²) in [7, 11) is 0. The molecule has 0 amide bonds. The van der Waals surface area contributed by atoms with Crippen LogP contribution < -0.4 is 4.74 Å². The summed E-state index contributed by atoms with van der Waals surface area (Å²) in [6.45, 7) is 4.44. The molecule has 3 aromatic rings. The summed E-state index contributed by atoms with van der Waals surface area (Å²) < 4.78 is 16.6. The lowest BCUT2D eigenvalue weighted by atomic mass is 10.2. The average Bonchev–Trinajstić information content (AvgIpc) is 3.27. The number of aromatic nitrogens is 1. The van der Waals surface area contributed by atoms with Gasteiger partial charge >= 0.3 is 5.97 Å². The van der Waals surface area contributed by atoms with Crippen LogP contribution in [-0.2, 0) is 16.1 Å². The fourth-order valence-electron chi connectivity index (χ4n) is 2.40. The summed E-state index contributed by atoms with van der Waals surface area (Å²) in [5.74, 6) is 1.79. The molecule has 0 unspecified atom stereocenters. The molecule has 0 saturated heterocycles. The highest BCUT2D eigenvalue weighted by Crippen LogP contribution is 2.26. The summed E-state index contributed by atoms with van der Waals surface area (Å²) >= 11 is 1.56. The molecule has 0 bridgehead atoms. The summed E-state index contributed by atoms with van der Waals surface area (Å²) in [4.78, 5) is 17.3. The van der Waals surface area contributed by atoms with Crippen LogP contribution in [0.3, 0.4) is 0 Å².